The Bertz CT molecular complexity index is 1050. The first-order valence-corrected chi connectivity index (χ1v) is 10.5. The average Bonchev–Trinajstić information content (AvgIpc) is 3.24. The fourth-order valence-electron chi connectivity index (χ4n) is 3.22. The maximum absolute atomic E-state index is 3.94. The van der Waals surface area contributed by atoms with E-state index in [-0.39, 0.29) is 0 Å². The van der Waals surface area contributed by atoms with Gasteiger partial charge < -0.3 is 5.32 Å². The average molecular weight is 390 g/mol. The van der Waals surface area contributed by atoms with Crippen LogP contribution in [0.4, 0.5) is 5.69 Å². The van der Waals surface area contributed by atoms with E-state index in [1.807, 2.05) is 23.5 Å². The molecule has 3 aromatic rings. The van der Waals surface area contributed by atoms with Crippen molar-refractivity contribution in [1.29, 1.82) is 0 Å². The van der Waals surface area contributed by atoms with Gasteiger partial charge in [-0.15, -0.1) is 6.58 Å². The Morgan fingerprint density at radius 1 is 1.04 bits per heavy atom. The van der Waals surface area contributed by atoms with Gasteiger partial charge in [-0.1, -0.05) is 66.1 Å². The van der Waals surface area contributed by atoms with Gasteiger partial charge >= 0.3 is 0 Å². The first kappa shape index (κ1) is 17.8. The summed E-state index contributed by atoms with van der Waals surface area (Å²) in [4.78, 5) is 1.27. The highest BCUT2D eigenvalue weighted by Crippen LogP contribution is 2.40. The van der Waals surface area contributed by atoms with Crippen molar-refractivity contribution in [2.24, 2.45) is 0 Å². The smallest absolute Gasteiger partial charge is 0.263 e. The number of rotatable bonds is 6. The Labute approximate surface area is 168 Å². The molecule has 0 atom stereocenters. The largest absolute Gasteiger partial charge is 0.349 e. The minimum Gasteiger partial charge on any atom is -0.349 e. The van der Waals surface area contributed by atoms with E-state index >= 15 is 0 Å². The number of anilines is 1. The summed E-state index contributed by atoms with van der Waals surface area (Å²) in [5.74, 6) is 0. The highest BCUT2D eigenvalue weighted by molar-refractivity contribution is 8.03. The lowest BCUT2D eigenvalue weighted by molar-refractivity contribution is -0.658. The van der Waals surface area contributed by atoms with E-state index in [0.29, 0.717) is 0 Å². The Kier molecular flexibility index (Phi) is 5.28. The number of nitrogens with zero attached hydrogens (tertiary/aromatic N) is 1. The molecule has 0 amide bonds. The van der Waals surface area contributed by atoms with Crippen LogP contribution in [0.3, 0.4) is 0 Å². The molecule has 0 saturated carbocycles. The van der Waals surface area contributed by atoms with Gasteiger partial charge in [0, 0.05) is 16.5 Å². The molecule has 0 fully saturated rings. The molecule has 0 spiro atoms. The Morgan fingerprint density at radius 3 is 2.74 bits per heavy atom. The van der Waals surface area contributed by atoms with Crippen molar-refractivity contribution in [1.82, 2.24) is 0 Å². The Balaban J connectivity index is 1.66. The van der Waals surface area contributed by atoms with E-state index in [0.717, 1.165) is 18.0 Å². The van der Waals surface area contributed by atoms with Gasteiger partial charge in [-0.3, -0.25) is 0 Å². The van der Waals surface area contributed by atoms with Gasteiger partial charge in [-0.25, -0.2) is 0 Å². The molecule has 1 N–H and O–H groups in total. The summed E-state index contributed by atoms with van der Waals surface area (Å²) in [5, 5.41) is 5.83. The summed E-state index contributed by atoms with van der Waals surface area (Å²) in [6, 6.07) is 14.9. The number of hydrogen-bond donors (Lipinski definition) is 1. The number of thiazole rings is 1. The van der Waals surface area contributed by atoms with Crippen molar-refractivity contribution in [2.75, 3.05) is 5.32 Å². The number of thioether (sulfide) groups is 1. The molecule has 2 aromatic carbocycles. The predicted octanol–water partition coefficient (Wildman–Crippen LogP) is 6.18. The number of hydrogen-bond acceptors (Lipinski definition) is 3. The summed E-state index contributed by atoms with van der Waals surface area (Å²) < 4.78 is 3.63. The van der Waals surface area contributed by atoms with E-state index in [4.69, 9.17) is 0 Å². The number of para-hydroxylation sites is 2. The van der Waals surface area contributed by atoms with Crippen LogP contribution < -0.4 is 9.88 Å². The number of benzene rings is 2. The third kappa shape index (κ3) is 3.64. The van der Waals surface area contributed by atoms with Crippen molar-refractivity contribution in [2.45, 2.75) is 17.9 Å². The topological polar surface area (TPSA) is 15.9 Å². The molecule has 1 aliphatic heterocycles. The van der Waals surface area contributed by atoms with Crippen LogP contribution >= 0.6 is 23.1 Å². The molecule has 0 aliphatic carbocycles. The quantitative estimate of drug-likeness (QED) is 0.400. The van der Waals surface area contributed by atoms with Crippen LogP contribution in [-0.4, -0.2) is 0 Å². The summed E-state index contributed by atoms with van der Waals surface area (Å²) in [6.07, 6.45) is 11.2. The maximum Gasteiger partial charge on any atom is 0.263 e. The van der Waals surface area contributed by atoms with Crippen molar-refractivity contribution in [3.05, 3.63) is 95.5 Å². The summed E-state index contributed by atoms with van der Waals surface area (Å²) in [5.41, 5.74) is 3.78. The second-order valence-electron chi connectivity index (χ2n) is 6.21. The summed E-state index contributed by atoms with van der Waals surface area (Å²) in [6.45, 7) is 8.63. The van der Waals surface area contributed by atoms with E-state index in [2.05, 4.69) is 83.7 Å². The highest BCUT2D eigenvalue weighted by Gasteiger charge is 2.20. The van der Waals surface area contributed by atoms with Crippen molar-refractivity contribution in [3.8, 4) is 0 Å². The Hall–Kier alpha value is -2.56. The van der Waals surface area contributed by atoms with Crippen LogP contribution in [0.2, 0.25) is 0 Å². The normalized spacial score (nSPS) is 14.6. The van der Waals surface area contributed by atoms with Gasteiger partial charge in [0.25, 0.3) is 5.01 Å². The third-order valence-corrected chi connectivity index (χ3v) is 6.51. The molecule has 1 aliphatic rings. The number of nitrogens with one attached hydrogen (secondary N) is 1. The minimum absolute atomic E-state index is 0.794. The van der Waals surface area contributed by atoms with E-state index < -0.39 is 0 Å². The van der Waals surface area contributed by atoms with Gasteiger partial charge in [-0.05, 0) is 36.8 Å². The van der Waals surface area contributed by atoms with E-state index in [1.54, 1.807) is 11.8 Å². The molecule has 4 rings (SSSR count). The van der Waals surface area contributed by atoms with E-state index in [9.17, 15) is 0 Å². The monoisotopic (exact) mass is 389 g/mol. The van der Waals surface area contributed by atoms with Gasteiger partial charge in [0.2, 0.25) is 5.52 Å². The molecule has 4 heteroatoms. The van der Waals surface area contributed by atoms with Crippen LogP contribution in [0.1, 0.15) is 10.6 Å². The minimum atomic E-state index is 0.794. The first-order chi connectivity index (χ1) is 13.3. The number of allylic oxidation sites excluding steroid dienone is 4. The zero-order chi connectivity index (χ0) is 18.6. The number of aromatic nitrogens is 1. The molecule has 27 heavy (non-hydrogen) atoms. The molecule has 0 unspecified atom stereocenters. The van der Waals surface area contributed by atoms with Crippen LogP contribution in [-0.2, 0) is 13.0 Å². The summed E-state index contributed by atoms with van der Waals surface area (Å²) in [7, 11) is 0. The van der Waals surface area contributed by atoms with Gasteiger partial charge in [0.05, 0.1) is 10.7 Å². The standard InChI is InChI=1S/C23H20N2S2/c1-3-9-17-10-7-13-20-23(17)25(16-4-2)22(27-20)15-8-14-21-24-18-11-5-6-12-19(18)26-21/h3-8,10-15H,1-2,9,16H2/p+1. The van der Waals surface area contributed by atoms with Crippen LogP contribution in [0.15, 0.2) is 89.9 Å². The molecule has 2 nitrogen and oxygen atoms in total. The first-order valence-electron chi connectivity index (χ1n) is 8.88. The highest BCUT2D eigenvalue weighted by atomic mass is 32.2. The third-order valence-electron chi connectivity index (χ3n) is 4.36. The van der Waals surface area contributed by atoms with Crippen molar-refractivity contribution < 1.29 is 4.57 Å². The fourth-order valence-corrected chi connectivity index (χ4v) is 5.27. The van der Waals surface area contributed by atoms with Gasteiger partial charge in [0.1, 0.15) is 4.70 Å². The van der Waals surface area contributed by atoms with Crippen LogP contribution in [0.5, 0.6) is 0 Å². The second-order valence-corrected chi connectivity index (χ2v) is 8.36. The lowest BCUT2D eigenvalue weighted by atomic mass is 10.1. The van der Waals surface area contributed by atoms with Gasteiger partial charge in [-0.2, -0.15) is 4.57 Å². The SMILES string of the molecule is C=CCc1cccc2sc(C=CC=C3Nc4ccccc4S3)[n+](CC=C)c12. The zero-order valence-electron chi connectivity index (χ0n) is 15.0. The molecule has 0 bridgehead atoms. The van der Waals surface area contributed by atoms with Gasteiger partial charge in [0.15, 0.2) is 6.54 Å². The van der Waals surface area contributed by atoms with Crippen LogP contribution in [0, 0.1) is 0 Å². The Morgan fingerprint density at radius 2 is 1.93 bits per heavy atom. The molecule has 1 aromatic heterocycles. The second kappa shape index (κ2) is 7.99. The lowest BCUT2D eigenvalue weighted by Gasteiger charge is -1.98. The van der Waals surface area contributed by atoms with E-state index in [1.165, 1.54) is 31.4 Å². The zero-order valence-corrected chi connectivity index (χ0v) is 16.7. The molecular formula is C23H21N2S2+. The molecule has 134 valence electrons. The fraction of sp³-hybridized carbons (Fsp3) is 0.0870. The maximum atomic E-state index is 3.94. The predicted molar refractivity (Wildman–Crippen MR) is 119 cm³/mol. The van der Waals surface area contributed by atoms with Crippen molar-refractivity contribution in [3.63, 3.8) is 0 Å². The molecular weight excluding hydrogens is 368 g/mol. The summed E-state index contributed by atoms with van der Waals surface area (Å²) >= 11 is 3.58. The lowest BCUT2D eigenvalue weighted by Crippen LogP contribution is -2.34. The molecule has 0 saturated heterocycles. The number of fused-ring (bicyclic) bond motifs is 2. The molecule has 2 heterocycles. The molecule has 0 radical (unpaired) electrons. The van der Waals surface area contributed by atoms with Crippen LogP contribution in [0.25, 0.3) is 16.3 Å². The van der Waals surface area contributed by atoms with Crippen molar-refractivity contribution >= 4 is 45.1 Å².